The highest BCUT2D eigenvalue weighted by Crippen LogP contribution is 2.12. The van der Waals surface area contributed by atoms with Gasteiger partial charge in [0.2, 0.25) is 0 Å². The third kappa shape index (κ3) is 4.22. The van der Waals surface area contributed by atoms with E-state index in [9.17, 15) is 0 Å². The number of nitrogens with zero attached hydrogens (tertiary/aromatic N) is 1. The van der Waals surface area contributed by atoms with E-state index in [0.717, 1.165) is 17.4 Å². The van der Waals surface area contributed by atoms with E-state index in [1.54, 1.807) is 11.3 Å². The van der Waals surface area contributed by atoms with Gasteiger partial charge in [-0.25, -0.2) is 0 Å². The summed E-state index contributed by atoms with van der Waals surface area (Å²) in [6.07, 6.45) is 2.97. The fraction of sp³-hybridized carbons (Fsp3) is 0.308. The molecule has 0 spiro atoms. The maximum absolute atomic E-state index is 4.07. The SMILES string of the molecule is CC(Cc1ccc(Br)cc1)NCc1cncs1. The van der Waals surface area contributed by atoms with E-state index in [1.807, 2.05) is 11.7 Å². The van der Waals surface area contributed by atoms with Gasteiger partial charge >= 0.3 is 0 Å². The van der Waals surface area contributed by atoms with E-state index in [0.29, 0.717) is 6.04 Å². The lowest BCUT2D eigenvalue weighted by molar-refractivity contribution is 0.548. The molecule has 1 aromatic carbocycles. The molecule has 0 saturated heterocycles. The molecule has 0 bridgehead atoms. The van der Waals surface area contributed by atoms with Gasteiger partial charge in [-0.15, -0.1) is 11.3 Å². The van der Waals surface area contributed by atoms with E-state index >= 15 is 0 Å². The van der Waals surface area contributed by atoms with E-state index in [-0.39, 0.29) is 0 Å². The summed E-state index contributed by atoms with van der Waals surface area (Å²) in [6, 6.07) is 8.97. The Bertz CT molecular complexity index is 439. The van der Waals surface area contributed by atoms with Gasteiger partial charge < -0.3 is 5.32 Å². The highest BCUT2D eigenvalue weighted by Gasteiger charge is 2.03. The number of nitrogens with one attached hydrogen (secondary N) is 1. The van der Waals surface area contributed by atoms with Crippen LogP contribution in [0.3, 0.4) is 0 Å². The average molecular weight is 311 g/mol. The summed E-state index contributed by atoms with van der Waals surface area (Å²) in [5.41, 5.74) is 3.23. The molecule has 4 heteroatoms. The predicted molar refractivity (Wildman–Crippen MR) is 76.3 cm³/mol. The van der Waals surface area contributed by atoms with Crippen LogP contribution in [0.2, 0.25) is 0 Å². The zero-order valence-electron chi connectivity index (χ0n) is 9.69. The Morgan fingerprint density at radius 1 is 1.35 bits per heavy atom. The lowest BCUT2D eigenvalue weighted by Crippen LogP contribution is -2.27. The van der Waals surface area contributed by atoms with Crippen molar-refractivity contribution < 1.29 is 0 Å². The molecule has 17 heavy (non-hydrogen) atoms. The van der Waals surface area contributed by atoms with Gasteiger partial charge in [0.1, 0.15) is 0 Å². The summed E-state index contributed by atoms with van der Waals surface area (Å²) in [5, 5.41) is 3.51. The topological polar surface area (TPSA) is 24.9 Å². The monoisotopic (exact) mass is 310 g/mol. The second-order valence-corrected chi connectivity index (χ2v) is 5.97. The van der Waals surface area contributed by atoms with E-state index in [1.165, 1.54) is 10.4 Å². The van der Waals surface area contributed by atoms with Gasteiger partial charge in [0.15, 0.2) is 0 Å². The molecular weight excluding hydrogens is 296 g/mol. The molecule has 0 saturated carbocycles. The summed E-state index contributed by atoms with van der Waals surface area (Å²) >= 11 is 5.14. The quantitative estimate of drug-likeness (QED) is 0.912. The molecule has 0 amide bonds. The van der Waals surface area contributed by atoms with Crippen LogP contribution in [-0.4, -0.2) is 11.0 Å². The van der Waals surface area contributed by atoms with Crippen LogP contribution in [0.4, 0.5) is 0 Å². The molecule has 2 rings (SSSR count). The lowest BCUT2D eigenvalue weighted by Gasteiger charge is -2.13. The zero-order chi connectivity index (χ0) is 12.1. The molecule has 0 radical (unpaired) electrons. The highest BCUT2D eigenvalue weighted by molar-refractivity contribution is 9.10. The molecule has 0 aliphatic heterocycles. The van der Waals surface area contributed by atoms with Crippen LogP contribution < -0.4 is 5.32 Å². The van der Waals surface area contributed by atoms with Crippen molar-refractivity contribution in [2.75, 3.05) is 0 Å². The second kappa shape index (κ2) is 6.28. The Balaban J connectivity index is 1.80. The first-order valence-corrected chi connectivity index (χ1v) is 7.26. The van der Waals surface area contributed by atoms with Crippen LogP contribution in [0, 0.1) is 0 Å². The first-order valence-electron chi connectivity index (χ1n) is 5.59. The molecule has 1 aromatic heterocycles. The Hall–Kier alpha value is -0.710. The molecule has 2 nitrogen and oxygen atoms in total. The highest BCUT2D eigenvalue weighted by atomic mass is 79.9. The van der Waals surface area contributed by atoms with Crippen molar-refractivity contribution in [2.45, 2.75) is 25.9 Å². The molecule has 0 aliphatic rings. The predicted octanol–water partition coefficient (Wildman–Crippen LogP) is 3.63. The number of hydrogen-bond acceptors (Lipinski definition) is 3. The van der Waals surface area contributed by atoms with Gasteiger partial charge in [0.25, 0.3) is 0 Å². The number of aromatic nitrogens is 1. The van der Waals surface area contributed by atoms with Gasteiger partial charge in [-0.1, -0.05) is 28.1 Å². The van der Waals surface area contributed by atoms with Crippen molar-refractivity contribution in [1.82, 2.24) is 10.3 Å². The molecule has 1 heterocycles. The van der Waals surface area contributed by atoms with Crippen LogP contribution in [0.5, 0.6) is 0 Å². The number of rotatable bonds is 5. The van der Waals surface area contributed by atoms with Crippen LogP contribution in [0.1, 0.15) is 17.4 Å². The van der Waals surface area contributed by atoms with E-state index in [4.69, 9.17) is 0 Å². The van der Waals surface area contributed by atoms with Gasteiger partial charge in [0, 0.05) is 28.1 Å². The Labute approximate surface area is 114 Å². The third-order valence-electron chi connectivity index (χ3n) is 2.56. The lowest BCUT2D eigenvalue weighted by atomic mass is 10.1. The third-order valence-corrected chi connectivity index (χ3v) is 3.87. The summed E-state index contributed by atoms with van der Waals surface area (Å²) in [4.78, 5) is 5.35. The first kappa shape index (κ1) is 12.7. The van der Waals surface area contributed by atoms with Gasteiger partial charge in [-0.3, -0.25) is 4.98 Å². The van der Waals surface area contributed by atoms with Crippen molar-refractivity contribution in [3.8, 4) is 0 Å². The maximum Gasteiger partial charge on any atom is 0.0794 e. The molecule has 1 N–H and O–H groups in total. The molecule has 0 fully saturated rings. The van der Waals surface area contributed by atoms with Crippen LogP contribution >= 0.6 is 27.3 Å². The fourth-order valence-corrected chi connectivity index (χ4v) is 2.46. The molecular formula is C13H15BrN2S. The van der Waals surface area contributed by atoms with Crippen molar-refractivity contribution in [3.05, 3.63) is 50.9 Å². The normalized spacial score (nSPS) is 12.6. The van der Waals surface area contributed by atoms with Crippen LogP contribution in [0.25, 0.3) is 0 Å². The summed E-state index contributed by atoms with van der Waals surface area (Å²) in [5.74, 6) is 0. The average Bonchev–Trinajstić information content (AvgIpc) is 2.83. The van der Waals surface area contributed by atoms with Gasteiger partial charge in [-0.2, -0.15) is 0 Å². The number of halogens is 1. The second-order valence-electron chi connectivity index (χ2n) is 4.08. The molecule has 1 unspecified atom stereocenters. The fourth-order valence-electron chi connectivity index (χ4n) is 1.65. The minimum Gasteiger partial charge on any atom is -0.309 e. The minimum absolute atomic E-state index is 0.471. The number of hydrogen-bond donors (Lipinski definition) is 1. The summed E-state index contributed by atoms with van der Waals surface area (Å²) in [7, 11) is 0. The van der Waals surface area contributed by atoms with Crippen LogP contribution in [0.15, 0.2) is 40.4 Å². The zero-order valence-corrected chi connectivity index (χ0v) is 12.1. The van der Waals surface area contributed by atoms with Crippen molar-refractivity contribution in [1.29, 1.82) is 0 Å². The maximum atomic E-state index is 4.07. The summed E-state index contributed by atoms with van der Waals surface area (Å²) < 4.78 is 1.13. The Morgan fingerprint density at radius 3 is 2.76 bits per heavy atom. The molecule has 0 aliphatic carbocycles. The molecule has 1 atom stereocenters. The van der Waals surface area contributed by atoms with Gasteiger partial charge in [0.05, 0.1) is 5.51 Å². The Morgan fingerprint density at radius 2 is 2.12 bits per heavy atom. The van der Waals surface area contributed by atoms with Crippen molar-refractivity contribution in [2.24, 2.45) is 0 Å². The van der Waals surface area contributed by atoms with E-state index in [2.05, 4.69) is 57.4 Å². The number of thiazole rings is 1. The number of benzene rings is 1. The largest absolute Gasteiger partial charge is 0.309 e. The minimum atomic E-state index is 0.471. The smallest absolute Gasteiger partial charge is 0.0794 e. The summed E-state index contributed by atoms with van der Waals surface area (Å²) in [6.45, 7) is 3.12. The Kier molecular flexibility index (Phi) is 4.71. The van der Waals surface area contributed by atoms with Crippen molar-refractivity contribution in [3.63, 3.8) is 0 Å². The standard InChI is InChI=1S/C13H15BrN2S/c1-10(16-8-13-7-15-9-17-13)6-11-2-4-12(14)5-3-11/h2-5,7,9-10,16H,6,8H2,1H3. The molecule has 90 valence electrons. The van der Waals surface area contributed by atoms with Crippen LogP contribution in [-0.2, 0) is 13.0 Å². The molecule has 2 aromatic rings. The van der Waals surface area contributed by atoms with Gasteiger partial charge in [-0.05, 0) is 31.0 Å². The first-order chi connectivity index (χ1) is 8.24. The van der Waals surface area contributed by atoms with Crippen molar-refractivity contribution >= 4 is 27.3 Å². The van der Waals surface area contributed by atoms with E-state index < -0.39 is 0 Å².